The molecule has 30 heavy (non-hydrogen) atoms. The number of hydrogen-bond donors (Lipinski definition) is 1. The Hall–Kier alpha value is -1.95. The molecule has 0 saturated carbocycles. The summed E-state index contributed by atoms with van der Waals surface area (Å²) in [6.45, 7) is 1.93. The fourth-order valence-electron chi connectivity index (χ4n) is 4.10. The number of halogens is 1. The number of benzene rings is 2. The fourth-order valence-corrected chi connectivity index (χ4v) is 6.44. The Morgan fingerprint density at radius 1 is 1.03 bits per heavy atom. The van der Waals surface area contributed by atoms with E-state index in [2.05, 4.69) is 64.9 Å². The third-order valence-electron chi connectivity index (χ3n) is 5.71. The standard InChI is InChI=1S/C25H22ClNOS2/c26-25-20-4-1-2-5-22(20)30-24(25)15-27-12-11-19(14-21(27)23-6-3-13-29-23)18-9-7-17(16-28)8-10-18/h1-10,13-14,21,28H,11-12,15-16H2. The van der Waals surface area contributed by atoms with Crippen LogP contribution in [0.3, 0.4) is 0 Å². The van der Waals surface area contributed by atoms with Crippen molar-refractivity contribution in [3.8, 4) is 0 Å². The average molecular weight is 452 g/mol. The van der Waals surface area contributed by atoms with Gasteiger partial charge in [0.25, 0.3) is 0 Å². The second-order valence-electron chi connectivity index (χ2n) is 7.56. The van der Waals surface area contributed by atoms with E-state index < -0.39 is 0 Å². The number of rotatable bonds is 5. The molecule has 0 fully saturated rings. The molecular formula is C25H22ClNOS2. The van der Waals surface area contributed by atoms with E-state index in [1.165, 1.54) is 25.6 Å². The molecule has 0 amide bonds. The molecule has 1 unspecified atom stereocenters. The highest BCUT2D eigenvalue weighted by Gasteiger charge is 2.26. The van der Waals surface area contributed by atoms with Gasteiger partial charge in [-0.15, -0.1) is 22.7 Å². The first-order valence-electron chi connectivity index (χ1n) is 10.1. The summed E-state index contributed by atoms with van der Waals surface area (Å²) in [5, 5.41) is 13.5. The smallest absolute Gasteiger partial charge is 0.0681 e. The van der Waals surface area contributed by atoms with Gasteiger partial charge < -0.3 is 5.11 Å². The Labute approximate surface area is 189 Å². The van der Waals surface area contributed by atoms with E-state index in [0.717, 1.165) is 35.5 Å². The maximum Gasteiger partial charge on any atom is 0.0681 e. The molecule has 5 rings (SSSR count). The first-order chi connectivity index (χ1) is 14.7. The monoisotopic (exact) mass is 451 g/mol. The van der Waals surface area contributed by atoms with Gasteiger partial charge in [0.1, 0.15) is 0 Å². The van der Waals surface area contributed by atoms with Gasteiger partial charge in [-0.3, -0.25) is 4.90 Å². The lowest BCUT2D eigenvalue weighted by Gasteiger charge is -2.34. The van der Waals surface area contributed by atoms with Crippen LogP contribution in [0.25, 0.3) is 15.7 Å². The van der Waals surface area contributed by atoms with Gasteiger partial charge >= 0.3 is 0 Å². The quantitative estimate of drug-likeness (QED) is 0.348. The Balaban J connectivity index is 1.47. The molecule has 2 aromatic carbocycles. The SMILES string of the molecule is OCc1ccc(C2=CC(c3cccs3)N(Cc3sc4ccccc4c3Cl)CC2)cc1. The van der Waals surface area contributed by atoms with Crippen molar-refractivity contribution in [2.75, 3.05) is 6.54 Å². The van der Waals surface area contributed by atoms with E-state index in [-0.39, 0.29) is 12.6 Å². The van der Waals surface area contributed by atoms with Gasteiger partial charge in [0, 0.05) is 32.9 Å². The summed E-state index contributed by atoms with van der Waals surface area (Å²) in [4.78, 5) is 5.13. The highest BCUT2D eigenvalue weighted by molar-refractivity contribution is 7.19. The lowest BCUT2D eigenvalue weighted by atomic mass is 9.94. The molecule has 3 heterocycles. The maximum absolute atomic E-state index is 9.33. The van der Waals surface area contributed by atoms with Crippen molar-refractivity contribution in [1.29, 1.82) is 0 Å². The van der Waals surface area contributed by atoms with Crippen molar-refractivity contribution >= 4 is 49.9 Å². The van der Waals surface area contributed by atoms with Crippen molar-refractivity contribution < 1.29 is 5.11 Å². The van der Waals surface area contributed by atoms with Crippen LogP contribution >= 0.6 is 34.3 Å². The van der Waals surface area contributed by atoms with E-state index in [0.29, 0.717) is 0 Å². The summed E-state index contributed by atoms with van der Waals surface area (Å²) in [5.41, 5.74) is 3.57. The zero-order valence-corrected chi connectivity index (χ0v) is 18.8. The predicted molar refractivity (Wildman–Crippen MR) is 129 cm³/mol. The lowest BCUT2D eigenvalue weighted by Crippen LogP contribution is -2.31. The molecule has 1 aliphatic rings. The summed E-state index contributed by atoms with van der Waals surface area (Å²) < 4.78 is 1.25. The van der Waals surface area contributed by atoms with Gasteiger partial charge in [0.05, 0.1) is 17.7 Å². The lowest BCUT2D eigenvalue weighted by molar-refractivity contribution is 0.224. The van der Waals surface area contributed by atoms with Crippen LogP contribution in [0.5, 0.6) is 0 Å². The molecule has 152 valence electrons. The Morgan fingerprint density at radius 3 is 2.60 bits per heavy atom. The van der Waals surface area contributed by atoms with E-state index in [1.54, 1.807) is 11.3 Å². The molecule has 0 aliphatic carbocycles. The highest BCUT2D eigenvalue weighted by atomic mass is 35.5. The summed E-state index contributed by atoms with van der Waals surface area (Å²) >= 11 is 10.4. The molecular weight excluding hydrogens is 430 g/mol. The Morgan fingerprint density at radius 2 is 1.87 bits per heavy atom. The molecule has 2 nitrogen and oxygen atoms in total. The first-order valence-corrected chi connectivity index (χ1v) is 12.1. The van der Waals surface area contributed by atoms with Crippen LogP contribution in [-0.4, -0.2) is 16.6 Å². The molecule has 0 radical (unpaired) electrons. The molecule has 2 aromatic heterocycles. The molecule has 1 N–H and O–H groups in total. The predicted octanol–water partition coefficient (Wildman–Crippen LogP) is 7.14. The molecule has 0 saturated heterocycles. The highest BCUT2D eigenvalue weighted by Crippen LogP contribution is 2.40. The molecule has 4 aromatic rings. The molecule has 0 spiro atoms. The van der Waals surface area contributed by atoms with Crippen molar-refractivity contribution in [1.82, 2.24) is 4.90 Å². The topological polar surface area (TPSA) is 23.5 Å². The minimum Gasteiger partial charge on any atom is -0.392 e. The van der Waals surface area contributed by atoms with Crippen LogP contribution in [0.4, 0.5) is 0 Å². The number of aliphatic hydroxyl groups is 1. The van der Waals surface area contributed by atoms with Crippen molar-refractivity contribution in [2.45, 2.75) is 25.6 Å². The third-order valence-corrected chi connectivity index (χ3v) is 8.35. The number of fused-ring (bicyclic) bond motifs is 1. The van der Waals surface area contributed by atoms with E-state index in [4.69, 9.17) is 11.6 Å². The number of aliphatic hydroxyl groups excluding tert-OH is 1. The maximum atomic E-state index is 9.33. The Kier molecular flexibility index (Phi) is 5.77. The molecule has 1 aliphatic heterocycles. The van der Waals surface area contributed by atoms with Crippen LogP contribution in [0.1, 0.15) is 33.3 Å². The van der Waals surface area contributed by atoms with Gasteiger partial charge in [0.2, 0.25) is 0 Å². The van der Waals surface area contributed by atoms with E-state index in [1.807, 2.05) is 23.5 Å². The summed E-state index contributed by atoms with van der Waals surface area (Å²) in [7, 11) is 0. The van der Waals surface area contributed by atoms with Gasteiger partial charge in [-0.05, 0) is 40.6 Å². The fraction of sp³-hybridized carbons (Fsp3) is 0.200. The van der Waals surface area contributed by atoms with Gasteiger partial charge in [-0.2, -0.15) is 0 Å². The summed E-state index contributed by atoms with van der Waals surface area (Å²) in [6.07, 6.45) is 3.41. The molecule has 0 bridgehead atoms. The number of hydrogen-bond acceptors (Lipinski definition) is 4. The summed E-state index contributed by atoms with van der Waals surface area (Å²) in [6, 6.07) is 21.3. The normalized spacial score (nSPS) is 17.4. The molecule has 5 heteroatoms. The number of thiophene rings is 2. The van der Waals surface area contributed by atoms with Crippen molar-refractivity contribution in [3.63, 3.8) is 0 Å². The van der Waals surface area contributed by atoms with Crippen LogP contribution in [0.15, 0.2) is 72.1 Å². The second kappa shape index (κ2) is 8.66. The largest absolute Gasteiger partial charge is 0.392 e. The van der Waals surface area contributed by atoms with E-state index >= 15 is 0 Å². The average Bonchev–Trinajstić information content (AvgIpc) is 3.43. The van der Waals surface area contributed by atoms with Crippen LogP contribution in [0, 0.1) is 0 Å². The zero-order chi connectivity index (χ0) is 20.5. The minimum atomic E-state index is 0.0842. The first kappa shape index (κ1) is 20.0. The van der Waals surface area contributed by atoms with Gasteiger partial charge in [-0.1, -0.05) is 66.2 Å². The van der Waals surface area contributed by atoms with E-state index in [9.17, 15) is 5.11 Å². The van der Waals surface area contributed by atoms with Crippen molar-refractivity contribution in [3.05, 3.63) is 98.0 Å². The zero-order valence-electron chi connectivity index (χ0n) is 16.4. The number of nitrogens with zero attached hydrogens (tertiary/aromatic N) is 1. The summed E-state index contributed by atoms with van der Waals surface area (Å²) in [5.74, 6) is 0. The second-order valence-corrected chi connectivity index (χ2v) is 10.1. The molecule has 1 atom stereocenters. The van der Waals surface area contributed by atoms with Crippen LogP contribution in [0.2, 0.25) is 5.02 Å². The van der Waals surface area contributed by atoms with Crippen LogP contribution in [-0.2, 0) is 13.2 Å². The van der Waals surface area contributed by atoms with Gasteiger partial charge in [0.15, 0.2) is 0 Å². The third kappa shape index (κ3) is 3.86. The van der Waals surface area contributed by atoms with Gasteiger partial charge in [-0.25, -0.2) is 0 Å². The Bertz CT molecular complexity index is 1180. The minimum absolute atomic E-state index is 0.0842. The van der Waals surface area contributed by atoms with Crippen molar-refractivity contribution in [2.24, 2.45) is 0 Å². The van der Waals surface area contributed by atoms with Crippen LogP contribution < -0.4 is 0 Å².